The molecule has 86 valence electrons. The molecule has 0 amide bonds. The number of rotatable bonds is 8. The van der Waals surface area contributed by atoms with E-state index in [9.17, 15) is 0 Å². The fourth-order valence-corrected chi connectivity index (χ4v) is 1.85. The van der Waals surface area contributed by atoms with Crippen LogP contribution in [0.15, 0.2) is 0 Å². The molecule has 0 saturated heterocycles. The van der Waals surface area contributed by atoms with Gasteiger partial charge in [-0.25, -0.2) is 0 Å². The predicted molar refractivity (Wildman–Crippen MR) is 61.3 cm³/mol. The Kier molecular flexibility index (Phi) is 7.15. The third kappa shape index (κ3) is 5.58. The van der Waals surface area contributed by atoms with Crippen molar-refractivity contribution >= 4 is 0 Å². The van der Waals surface area contributed by atoms with Gasteiger partial charge in [0.25, 0.3) is 0 Å². The third-order valence-corrected chi connectivity index (χ3v) is 2.64. The molecule has 0 bridgehead atoms. The SMILES string of the molecule is CCCC(C)(CN)NC(C)CCCO. The van der Waals surface area contributed by atoms with E-state index in [2.05, 4.69) is 26.1 Å². The summed E-state index contributed by atoms with van der Waals surface area (Å²) in [6.45, 7) is 7.45. The molecule has 2 atom stereocenters. The van der Waals surface area contributed by atoms with E-state index in [1.165, 1.54) is 0 Å². The normalized spacial score (nSPS) is 17.8. The lowest BCUT2D eigenvalue weighted by atomic mass is 9.94. The molecule has 0 spiro atoms. The molecular weight excluding hydrogens is 176 g/mol. The molecule has 4 N–H and O–H groups in total. The smallest absolute Gasteiger partial charge is 0.0431 e. The van der Waals surface area contributed by atoms with Crippen LogP contribution in [0.25, 0.3) is 0 Å². The minimum absolute atomic E-state index is 0.0591. The molecule has 0 fully saturated rings. The Morgan fingerprint density at radius 2 is 2.14 bits per heavy atom. The Bertz CT molecular complexity index is 141. The molecule has 0 aromatic rings. The standard InChI is InChI=1S/C11H26N2O/c1-4-7-11(3,9-12)13-10(2)6-5-8-14/h10,13-14H,4-9,12H2,1-3H3. The maximum absolute atomic E-state index is 8.72. The lowest BCUT2D eigenvalue weighted by molar-refractivity contribution is 0.254. The van der Waals surface area contributed by atoms with E-state index < -0.39 is 0 Å². The monoisotopic (exact) mass is 202 g/mol. The first-order chi connectivity index (χ1) is 6.58. The Hall–Kier alpha value is -0.120. The van der Waals surface area contributed by atoms with E-state index in [0.29, 0.717) is 12.6 Å². The summed E-state index contributed by atoms with van der Waals surface area (Å²) >= 11 is 0. The summed E-state index contributed by atoms with van der Waals surface area (Å²) in [5, 5.41) is 12.3. The molecule has 14 heavy (non-hydrogen) atoms. The highest BCUT2D eigenvalue weighted by molar-refractivity contribution is 4.85. The molecule has 3 nitrogen and oxygen atoms in total. The van der Waals surface area contributed by atoms with Crippen LogP contribution in [0.1, 0.15) is 46.5 Å². The second-order valence-corrected chi connectivity index (χ2v) is 4.43. The quantitative estimate of drug-likeness (QED) is 0.555. The van der Waals surface area contributed by atoms with E-state index in [0.717, 1.165) is 25.7 Å². The summed E-state index contributed by atoms with van der Waals surface area (Å²) < 4.78 is 0. The maximum atomic E-state index is 8.72. The van der Waals surface area contributed by atoms with Crippen molar-refractivity contribution in [1.29, 1.82) is 0 Å². The van der Waals surface area contributed by atoms with Crippen molar-refractivity contribution in [2.45, 2.75) is 58.0 Å². The number of nitrogens with two attached hydrogens (primary N) is 1. The van der Waals surface area contributed by atoms with Gasteiger partial charge in [0.05, 0.1) is 0 Å². The molecule has 0 heterocycles. The average molecular weight is 202 g/mol. The Labute approximate surface area is 88.1 Å². The van der Waals surface area contributed by atoms with Crippen LogP contribution in [-0.4, -0.2) is 29.8 Å². The third-order valence-electron chi connectivity index (χ3n) is 2.64. The van der Waals surface area contributed by atoms with Crippen molar-refractivity contribution in [3.63, 3.8) is 0 Å². The lowest BCUT2D eigenvalue weighted by Crippen LogP contribution is -2.52. The van der Waals surface area contributed by atoms with Crippen LogP contribution in [0.4, 0.5) is 0 Å². The highest BCUT2D eigenvalue weighted by Crippen LogP contribution is 2.12. The van der Waals surface area contributed by atoms with E-state index in [4.69, 9.17) is 10.8 Å². The van der Waals surface area contributed by atoms with Crippen LogP contribution < -0.4 is 11.1 Å². The highest BCUT2D eigenvalue weighted by atomic mass is 16.2. The van der Waals surface area contributed by atoms with Gasteiger partial charge < -0.3 is 16.2 Å². The highest BCUT2D eigenvalue weighted by Gasteiger charge is 2.22. The van der Waals surface area contributed by atoms with Crippen LogP contribution in [0, 0.1) is 0 Å². The van der Waals surface area contributed by atoms with Gasteiger partial charge in [-0.3, -0.25) is 0 Å². The van der Waals surface area contributed by atoms with E-state index in [1.54, 1.807) is 0 Å². The summed E-state index contributed by atoms with van der Waals surface area (Å²) in [6.07, 6.45) is 4.12. The molecule has 0 aliphatic carbocycles. The number of hydrogen-bond donors (Lipinski definition) is 3. The van der Waals surface area contributed by atoms with Crippen LogP contribution >= 0.6 is 0 Å². The number of nitrogens with one attached hydrogen (secondary N) is 1. The van der Waals surface area contributed by atoms with Crippen molar-refractivity contribution in [1.82, 2.24) is 5.32 Å². The van der Waals surface area contributed by atoms with E-state index >= 15 is 0 Å². The van der Waals surface area contributed by atoms with Gasteiger partial charge in [-0.1, -0.05) is 13.3 Å². The van der Waals surface area contributed by atoms with Crippen LogP contribution in [0.3, 0.4) is 0 Å². The van der Waals surface area contributed by atoms with Crippen molar-refractivity contribution in [3.05, 3.63) is 0 Å². The Morgan fingerprint density at radius 3 is 2.57 bits per heavy atom. The largest absolute Gasteiger partial charge is 0.396 e. The number of hydrogen-bond acceptors (Lipinski definition) is 3. The molecule has 0 radical (unpaired) electrons. The summed E-state index contributed by atoms with van der Waals surface area (Å²) in [7, 11) is 0. The Morgan fingerprint density at radius 1 is 1.50 bits per heavy atom. The topological polar surface area (TPSA) is 58.3 Å². The molecule has 0 aromatic heterocycles. The van der Waals surface area contributed by atoms with Crippen molar-refractivity contribution in [2.24, 2.45) is 5.73 Å². The minimum Gasteiger partial charge on any atom is -0.396 e. The van der Waals surface area contributed by atoms with Gasteiger partial charge in [0.1, 0.15) is 0 Å². The van der Waals surface area contributed by atoms with Gasteiger partial charge in [-0.05, 0) is 33.1 Å². The minimum atomic E-state index is 0.0591. The fourth-order valence-electron chi connectivity index (χ4n) is 1.85. The van der Waals surface area contributed by atoms with E-state index in [-0.39, 0.29) is 12.1 Å². The zero-order valence-corrected chi connectivity index (χ0v) is 9.84. The molecule has 0 saturated carbocycles. The first-order valence-corrected chi connectivity index (χ1v) is 5.66. The molecule has 0 aliphatic rings. The van der Waals surface area contributed by atoms with Gasteiger partial charge >= 0.3 is 0 Å². The summed E-state index contributed by atoms with van der Waals surface area (Å²) in [5.74, 6) is 0. The van der Waals surface area contributed by atoms with Gasteiger partial charge in [0.2, 0.25) is 0 Å². The first-order valence-electron chi connectivity index (χ1n) is 5.66. The van der Waals surface area contributed by atoms with Crippen molar-refractivity contribution in [3.8, 4) is 0 Å². The Balaban J connectivity index is 3.89. The molecule has 0 aliphatic heterocycles. The predicted octanol–water partition coefficient (Wildman–Crippen LogP) is 1.25. The van der Waals surface area contributed by atoms with Gasteiger partial charge in [0.15, 0.2) is 0 Å². The van der Waals surface area contributed by atoms with Crippen LogP contribution in [-0.2, 0) is 0 Å². The molecule has 2 unspecified atom stereocenters. The zero-order valence-electron chi connectivity index (χ0n) is 9.84. The first kappa shape index (κ1) is 13.9. The van der Waals surface area contributed by atoms with Crippen molar-refractivity contribution in [2.75, 3.05) is 13.2 Å². The molecular formula is C11H26N2O. The molecule has 0 aromatic carbocycles. The van der Waals surface area contributed by atoms with E-state index in [1.807, 2.05) is 0 Å². The van der Waals surface area contributed by atoms with Gasteiger partial charge in [-0.2, -0.15) is 0 Å². The zero-order chi connectivity index (χ0) is 11.0. The molecule has 3 heteroatoms. The summed E-state index contributed by atoms with van der Waals surface area (Å²) in [4.78, 5) is 0. The number of aliphatic hydroxyl groups excluding tert-OH is 1. The lowest BCUT2D eigenvalue weighted by Gasteiger charge is -2.32. The van der Waals surface area contributed by atoms with Crippen LogP contribution in [0.5, 0.6) is 0 Å². The second kappa shape index (κ2) is 7.21. The maximum Gasteiger partial charge on any atom is 0.0431 e. The summed E-state index contributed by atoms with van der Waals surface area (Å²) in [6, 6.07) is 0.433. The van der Waals surface area contributed by atoms with Gasteiger partial charge in [0, 0.05) is 24.7 Å². The second-order valence-electron chi connectivity index (χ2n) is 4.43. The summed E-state index contributed by atoms with van der Waals surface area (Å²) in [5.41, 5.74) is 5.82. The average Bonchev–Trinajstić information content (AvgIpc) is 2.15. The number of aliphatic hydroxyl groups is 1. The molecule has 0 rings (SSSR count). The van der Waals surface area contributed by atoms with Crippen molar-refractivity contribution < 1.29 is 5.11 Å². The van der Waals surface area contributed by atoms with Gasteiger partial charge in [-0.15, -0.1) is 0 Å². The van der Waals surface area contributed by atoms with Crippen LogP contribution in [0.2, 0.25) is 0 Å². The fraction of sp³-hybridized carbons (Fsp3) is 1.00.